The Morgan fingerprint density at radius 2 is 2.33 bits per heavy atom. The summed E-state index contributed by atoms with van der Waals surface area (Å²) in [5.74, 6) is 0. The minimum absolute atomic E-state index is 0. The van der Waals surface area contributed by atoms with Crippen LogP contribution in [0.5, 0.6) is 0 Å². The number of aryl methyl sites for hydroxylation is 1. The number of rotatable bonds is 0. The van der Waals surface area contributed by atoms with E-state index >= 15 is 0 Å². The van der Waals surface area contributed by atoms with Crippen molar-refractivity contribution in [1.82, 2.24) is 4.98 Å². The quantitative estimate of drug-likeness (QED) is 0.766. The number of aromatic nitrogens is 1. The van der Waals surface area contributed by atoms with Crippen molar-refractivity contribution < 1.29 is 0 Å². The van der Waals surface area contributed by atoms with E-state index in [1.165, 1.54) is 5.56 Å². The first kappa shape index (κ1) is 9.96. The zero-order valence-electron chi connectivity index (χ0n) is 6.46. The van der Waals surface area contributed by atoms with Crippen molar-refractivity contribution in [2.24, 2.45) is 5.73 Å². The Morgan fingerprint density at radius 1 is 1.58 bits per heavy atom. The molecule has 2 rings (SSSR count). The van der Waals surface area contributed by atoms with Crippen LogP contribution in [0.2, 0.25) is 0 Å². The molecular formula is C8H10BrClN2. The highest BCUT2D eigenvalue weighted by Crippen LogP contribution is 2.28. The SMILES string of the molecule is Cl.N[C@@H]1CCc2cc(Br)cnc21. The first-order chi connectivity index (χ1) is 5.27. The molecule has 2 N–H and O–H groups in total. The molecule has 1 heterocycles. The van der Waals surface area contributed by atoms with Gasteiger partial charge in [0.1, 0.15) is 0 Å². The second-order valence-electron chi connectivity index (χ2n) is 2.84. The Balaban J connectivity index is 0.000000720. The molecule has 0 amide bonds. The Bertz CT molecular complexity index is 290. The van der Waals surface area contributed by atoms with Crippen LogP contribution in [0.4, 0.5) is 0 Å². The van der Waals surface area contributed by atoms with Gasteiger partial charge < -0.3 is 5.73 Å². The van der Waals surface area contributed by atoms with E-state index in [-0.39, 0.29) is 18.4 Å². The normalized spacial score (nSPS) is 20.0. The molecule has 0 unspecified atom stereocenters. The van der Waals surface area contributed by atoms with E-state index in [4.69, 9.17) is 5.73 Å². The summed E-state index contributed by atoms with van der Waals surface area (Å²) < 4.78 is 1.05. The number of fused-ring (bicyclic) bond motifs is 1. The molecule has 1 aliphatic rings. The average molecular weight is 250 g/mol. The standard InChI is InChI=1S/C8H9BrN2.ClH/c9-6-3-5-1-2-7(10)8(5)11-4-6;/h3-4,7H,1-2,10H2;1H/t7-;/m1./s1. The Kier molecular flexibility index (Phi) is 3.09. The largest absolute Gasteiger partial charge is 0.323 e. The molecule has 0 aromatic carbocycles. The lowest BCUT2D eigenvalue weighted by Gasteiger charge is -2.01. The molecule has 0 fully saturated rings. The third-order valence-electron chi connectivity index (χ3n) is 2.04. The van der Waals surface area contributed by atoms with E-state index in [1.54, 1.807) is 0 Å². The first-order valence-corrected chi connectivity index (χ1v) is 4.46. The van der Waals surface area contributed by atoms with Gasteiger partial charge in [0.05, 0.1) is 5.69 Å². The predicted molar refractivity (Wildman–Crippen MR) is 54.4 cm³/mol. The van der Waals surface area contributed by atoms with Crippen LogP contribution < -0.4 is 5.73 Å². The van der Waals surface area contributed by atoms with Crippen LogP contribution in [-0.4, -0.2) is 4.98 Å². The number of pyridine rings is 1. The third kappa shape index (κ3) is 1.63. The van der Waals surface area contributed by atoms with E-state index in [1.807, 2.05) is 6.20 Å². The smallest absolute Gasteiger partial charge is 0.0603 e. The van der Waals surface area contributed by atoms with Crippen molar-refractivity contribution in [3.8, 4) is 0 Å². The van der Waals surface area contributed by atoms with Crippen LogP contribution in [-0.2, 0) is 6.42 Å². The highest BCUT2D eigenvalue weighted by Gasteiger charge is 2.19. The van der Waals surface area contributed by atoms with Gasteiger partial charge >= 0.3 is 0 Å². The summed E-state index contributed by atoms with van der Waals surface area (Å²) in [4.78, 5) is 4.27. The van der Waals surface area contributed by atoms with E-state index in [0.717, 1.165) is 23.0 Å². The minimum Gasteiger partial charge on any atom is -0.323 e. The van der Waals surface area contributed by atoms with Crippen LogP contribution in [0.3, 0.4) is 0 Å². The molecule has 0 bridgehead atoms. The van der Waals surface area contributed by atoms with Crippen molar-refractivity contribution in [2.75, 3.05) is 0 Å². The van der Waals surface area contributed by atoms with Gasteiger partial charge in [0.15, 0.2) is 0 Å². The minimum atomic E-state index is 0. The fourth-order valence-corrected chi connectivity index (χ4v) is 1.85. The summed E-state index contributed by atoms with van der Waals surface area (Å²) >= 11 is 3.38. The molecule has 0 saturated heterocycles. The van der Waals surface area contributed by atoms with Gasteiger partial charge in [-0.25, -0.2) is 0 Å². The maximum Gasteiger partial charge on any atom is 0.0603 e. The highest BCUT2D eigenvalue weighted by molar-refractivity contribution is 9.10. The molecule has 0 spiro atoms. The Morgan fingerprint density at radius 3 is 3.08 bits per heavy atom. The molecule has 1 aromatic heterocycles. The molecule has 0 radical (unpaired) electrons. The molecule has 2 nitrogen and oxygen atoms in total. The molecular weight excluding hydrogens is 239 g/mol. The molecule has 0 saturated carbocycles. The van der Waals surface area contributed by atoms with E-state index in [0.29, 0.717) is 0 Å². The predicted octanol–water partition coefficient (Wildman–Crippen LogP) is 2.21. The topological polar surface area (TPSA) is 38.9 Å². The summed E-state index contributed by atoms with van der Waals surface area (Å²) in [6.45, 7) is 0. The molecule has 4 heteroatoms. The molecule has 12 heavy (non-hydrogen) atoms. The summed E-state index contributed by atoms with van der Waals surface area (Å²) in [7, 11) is 0. The van der Waals surface area contributed by atoms with Gasteiger partial charge in [-0.1, -0.05) is 0 Å². The number of hydrogen-bond donors (Lipinski definition) is 1. The monoisotopic (exact) mass is 248 g/mol. The van der Waals surface area contributed by atoms with E-state index in [9.17, 15) is 0 Å². The Labute approximate surface area is 86.1 Å². The number of hydrogen-bond acceptors (Lipinski definition) is 2. The van der Waals surface area contributed by atoms with Gasteiger partial charge in [-0.15, -0.1) is 12.4 Å². The fourth-order valence-electron chi connectivity index (χ4n) is 1.47. The summed E-state index contributed by atoms with van der Waals surface area (Å²) in [5.41, 5.74) is 8.19. The average Bonchev–Trinajstić information content (AvgIpc) is 2.32. The number of nitrogens with zero attached hydrogens (tertiary/aromatic N) is 1. The summed E-state index contributed by atoms with van der Waals surface area (Å²) in [5, 5.41) is 0. The van der Waals surface area contributed by atoms with Crippen molar-refractivity contribution in [1.29, 1.82) is 0 Å². The Hall–Kier alpha value is -0.120. The summed E-state index contributed by atoms with van der Waals surface area (Å²) in [6.07, 6.45) is 3.92. The second kappa shape index (κ2) is 3.73. The van der Waals surface area contributed by atoms with Gasteiger partial charge in [-0.2, -0.15) is 0 Å². The van der Waals surface area contributed by atoms with Crippen molar-refractivity contribution >= 4 is 28.3 Å². The van der Waals surface area contributed by atoms with Crippen molar-refractivity contribution in [3.05, 3.63) is 28.0 Å². The molecule has 1 atom stereocenters. The zero-order chi connectivity index (χ0) is 7.84. The van der Waals surface area contributed by atoms with Gasteiger partial charge in [-0.05, 0) is 40.4 Å². The summed E-state index contributed by atoms with van der Waals surface area (Å²) in [6, 6.07) is 2.27. The zero-order valence-corrected chi connectivity index (χ0v) is 8.86. The number of nitrogens with two attached hydrogens (primary N) is 1. The lowest BCUT2D eigenvalue weighted by atomic mass is 10.2. The molecule has 66 valence electrons. The van der Waals surface area contributed by atoms with Crippen LogP contribution in [0.25, 0.3) is 0 Å². The highest BCUT2D eigenvalue weighted by atomic mass is 79.9. The van der Waals surface area contributed by atoms with Crippen LogP contribution in [0.1, 0.15) is 23.7 Å². The maximum atomic E-state index is 5.82. The maximum absolute atomic E-state index is 5.82. The molecule has 0 aliphatic heterocycles. The van der Waals surface area contributed by atoms with Crippen molar-refractivity contribution in [3.63, 3.8) is 0 Å². The van der Waals surface area contributed by atoms with E-state index in [2.05, 4.69) is 27.0 Å². The molecule has 1 aromatic rings. The van der Waals surface area contributed by atoms with Gasteiger partial charge in [0.25, 0.3) is 0 Å². The van der Waals surface area contributed by atoms with Crippen LogP contribution in [0, 0.1) is 0 Å². The van der Waals surface area contributed by atoms with Crippen LogP contribution >= 0.6 is 28.3 Å². The van der Waals surface area contributed by atoms with Crippen LogP contribution in [0.15, 0.2) is 16.7 Å². The van der Waals surface area contributed by atoms with Gasteiger partial charge in [-0.3, -0.25) is 4.98 Å². The van der Waals surface area contributed by atoms with E-state index < -0.39 is 0 Å². The molecule has 1 aliphatic carbocycles. The van der Waals surface area contributed by atoms with Crippen molar-refractivity contribution in [2.45, 2.75) is 18.9 Å². The van der Waals surface area contributed by atoms with Gasteiger partial charge in [0, 0.05) is 16.7 Å². The second-order valence-corrected chi connectivity index (χ2v) is 3.76. The first-order valence-electron chi connectivity index (χ1n) is 3.67. The number of halogens is 2. The van der Waals surface area contributed by atoms with Gasteiger partial charge in [0.2, 0.25) is 0 Å². The third-order valence-corrected chi connectivity index (χ3v) is 2.48. The lowest BCUT2D eigenvalue weighted by Crippen LogP contribution is -2.06. The lowest BCUT2D eigenvalue weighted by molar-refractivity contribution is 0.697. The fraction of sp³-hybridized carbons (Fsp3) is 0.375.